The Labute approximate surface area is 83.0 Å². The van der Waals surface area contributed by atoms with E-state index in [1.807, 2.05) is 0 Å². The predicted octanol–water partition coefficient (Wildman–Crippen LogP) is 1.45. The Morgan fingerprint density at radius 3 is 3.31 bits per heavy atom. The highest BCUT2D eigenvalue weighted by Crippen LogP contribution is 2.26. The second kappa shape index (κ2) is 3.68. The van der Waals surface area contributed by atoms with Gasteiger partial charge >= 0.3 is 0 Å². The van der Waals surface area contributed by atoms with Crippen LogP contribution in [0.1, 0.15) is 6.42 Å². The van der Waals surface area contributed by atoms with E-state index in [0.717, 1.165) is 12.1 Å². The van der Waals surface area contributed by atoms with Crippen LogP contribution in [0.2, 0.25) is 0 Å². The monoisotopic (exact) mass is 200 g/mol. The maximum absolute atomic E-state index is 5.95. The summed E-state index contributed by atoms with van der Waals surface area (Å²) in [6.07, 6.45) is 3.48. The zero-order chi connectivity index (χ0) is 9.26. The van der Waals surface area contributed by atoms with Crippen molar-refractivity contribution in [2.45, 2.75) is 6.42 Å². The van der Waals surface area contributed by atoms with Crippen molar-refractivity contribution >= 4 is 16.8 Å². The van der Waals surface area contributed by atoms with Gasteiger partial charge in [0.1, 0.15) is 7.11 Å². The molecule has 0 spiro atoms. The third-order valence-corrected chi connectivity index (χ3v) is 2.89. The minimum Gasteiger partial charge on any atom is -0.398 e. The number of hydrogen-bond acceptors (Lipinski definition) is 3. The summed E-state index contributed by atoms with van der Waals surface area (Å²) in [4.78, 5) is 7.04. The highest BCUT2D eigenvalue weighted by molar-refractivity contribution is 6.69. The van der Waals surface area contributed by atoms with Crippen LogP contribution in [0.15, 0.2) is 16.8 Å². The minimum absolute atomic E-state index is 0.499. The lowest BCUT2D eigenvalue weighted by Crippen LogP contribution is -2.28. The molecule has 1 saturated heterocycles. The Morgan fingerprint density at radius 2 is 2.62 bits per heavy atom. The van der Waals surface area contributed by atoms with Crippen molar-refractivity contribution in [3.63, 3.8) is 0 Å². The minimum atomic E-state index is 0.499. The predicted molar refractivity (Wildman–Crippen MR) is 52.9 cm³/mol. The molecule has 2 aliphatic heterocycles. The molecule has 2 bridgehead atoms. The van der Waals surface area contributed by atoms with Crippen molar-refractivity contribution in [1.82, 2.24) is 4.90 Å². The van der Waals surface area contributed by atoms with Crippen molar-refractivity contribution in [2.75, 3.05) is 26.7 Å². The summed E-state index contributed by atoms with van der Waals surface area (Å²) in [6, 6.07) is 0. The largest absolute Gasteiger partial charge is 0.398 e. The first-order chi connectivity index (χ1) is 6.29. The Kier molecular flexibility index (Phi) is 2.56. The highest BCUT2D eigenvalue weighted by Gasteiger charge is 2.27. The Bertz CT molecular complexity index is 262. The molecule has 0 aromatic rings. The molecule has 2 heterocycles. The summed E-state index contributed by atoms with van der Waals surface area (Å²) in [6.45, 7) is 3.28. The van der Waals surface area contributed by atoms with Crippen molar-refractivity contribution in [3.05, 3.63) is 11.6 Å². The second-order valence-corrected chi connectivity index (χ2v) is 3.90. The molecule has 0 aliphatic carbocycles. The van der Waals surface area contributed by atoms with Crippen LogP contribution >= 0.6 is 11.6 Å². The van der Waals surface area contributed by atoms with Gasteiger partial charge in [0, 0.05) is 18.7 Å². The van der Waals surface area contributed by atoms with E-state index in [-0.39, 0.29) is 0 Å². The number of oxime groups is 1. The smallest absolute Gasteiger partial charge is 0.172 e. The molecule has 2 unspecified atom stereocenters. The zero-order valence-electron chi connectivity index (χ0n) is 7.66. The average Bonchev–Trinajstić information content (AvgIpc) is 2.46. The van der Waals surface area contributed by atoms with Crippen LogP contribution in [0.25, 0.3) is 0 Å². The van der Waals surface area contributed by atoms with Gasteiger partial charge in [0.15, 0.2) is 5.17 Å². The Hall–Kier alpha value is -0.540. The molecular weight excluding hydrogens is 188 g/mol. The van der Waals surface area contributed by atoms with Gasteiger partial charge < -0.3 is 4.84 Å². The quantitative estimate of drug-likeness (QED) is 0.498. The van der Waals surface area contributed by atoms with Gasteiger partial charge in [0.2, 0.25) is 0 Å². The van der Waals surface area contributed by atoms with E-state index >= 15 is 0 Å². The number of halogens is 1. The van der Waals surface area contributed by atoms with E-state index in [1.165, 1.54) is 26.6 Å². The van der Waals surface area contributed by atoms with Gasteiger partial charge in [-0.1, -0.05) is 22.8 Å². The summed E-state index contributed by atoms with van der Waals surface area (Å²) in [7, 11) is 1.51. The standard InChI is InChI=1S/C9H13ClN2O/c1-13-11-9(10)8-4-7-2-3-12(5-7)6-8/h4,7H,2-3,5-6H2,1H3/b11-9+. The maximum atomic E-state index is 5.95. The van der Waals surface area contributed by atoms with Crippen molar-refractivity contribution in [1.29, 1.82) is 0 Å². The molecule has 0 amide bonds. The normalized spacial score (nSPS) is 33.1. The first-order valence-electron chi connectivity index (χ1n) is 4.49. The molecule has 0 saturated carbocycles. The lowest BCUT2D eigenvalue weighted by Gasteiger charge is -2.21. The summed E-state index contributed by atoms with van der Waals surface area (Å²) in [5.74, 6) is 0.671. The summed E-state index contributed by atoms with van der Waals surface area (Å²) >= 11 is 5.95. The van der Waals surface area contributed by atoms with Crippen LogP contribution in [0.4, 0.5) is 0 Å². The molecule has 2 atom stereocenters. The maximum Gasteiger partial charge on any atom is 0.172 e. The second-order valence-electron chi connectivity index (χ2n) is 3.54. The van der Waals surface area contributed by atoms with Crippen molar-refractivity contribution < 1.29 is 4.84 Å². The highest BCUT2D eigenvalue weighted by atomic mass is 35.5. The van der Waals surface area contributed by atoms with Crippen LogP contribution in [0.5, 0.6) is 0 Å². The van der Waals surface area contributed by atoms with Gasteiger partial charge in [-0.15, -0.1) is 0 Å². The number of fused-ring (bicyclic) bond motifs is 2. The van der Waals surface area contributed by atoms with Gasteiger partial charge in [-0.25, -0.2) is 0 Å². The molecule has 13 heavy (non-hydrogen) atoms. The number of hydrogen-bond donors (Lipinski definition) is 0. The molecule has 2 rings (SSSR count). The van der Waals surface area contributed by atoms with Gasteiger partial charge in [-0.05, 0) is 18.9 Å². The lowest BCUT2D eigenvalue weighted by atomic mass is 10.0. The zero-order valence-corrected chi connectivity index (χ0v) is 8.42. The molecule has 0 N–H and O–H groups in total. The average molecular weight is 201 g/mol. The lowest BCUT2D eigenvalue weighted by molar-refractivity contribution is 0.214. The fraction of sp³-hybridized carbons (Fsp3) is 0.667. The number of nitrogens with zero attached hydrogens (tertiary/aromatic N) is 2. The fourth-order valence-electron chi connectivity index (χ4n) is 1.99. The third kappa shape index (κ3) is 1.86. The van der Waals surface area contributed by atoms with E-state index in [4.69, 9.17) is 11.6 Å². The van der Waals surface area contributed by atoms with E-state index in [0.29, 0.717) is 11.1 Å². The van der Waals surface area contributed by atoms with Gasteiger partial charge in [0.25, 0.3) is 0 Å². The van der Waals surface area contributed by atoms with E-state index in [9.17, 15) is 0 Å². The summed E-state index contributed by atoms with van der Waals surface area (Å²) in [5, 5.41) is 4.23. The molecule has 1 fully saturated rings. The van der Waals surface area contributed by atoms with Gasteiger partial charge in [-0.3, -0.25) is 4.90 Å². The molecule has 0 aromatic heterocycles. The molecule has 3 nitrogen and oxygen atoms in total. The molecule has 0 radical (unpaired) electrons. The van der Waals surface area contributed by atoms with E-state index in [1.54, 1.807) is 0 Å². The Balaban J connectivity index is 2.12. The first-order valence-corrected chi connectivity index (χ1v) is 4.87. The van der Waals surface area contributed by atoms with Crippen LogP contribution in [-0.2, 0) is 4.84 Å². The van der Waals surface area contributed by atoms with Crippen molar-refractivity contribution in [2.24, 2.45) is 11.1 Å². The molecular formula is C9H13ClN2O. The van der Waals surface area contributed by atoms with E-state index < -0.39 is 0 Å². The van der Waals surface area contributed by atoms with Crippen LogP contribution < -0.4 is 0 Å². The van der Waals surface area contributed by atoms with Gasteiger partial charge in [0.05, 0.1) is 0 Å². The first kappa shape index (κ1) is 9.03. The van der Waals surface area contributed by atoms with Gasteiger partial charge in [-0.2, -0.15) is 0 Å². The molecule has 2 aliphatic rings. The Morgan fingerprint density at radius 1 is 1.77 bits per heavy atom. The SMILES string of the molecule is CO/N=C(/Cl)C1=CC2CCN(C1)C2. The van der Waals surface area contributed by atoms with Crippen molar-refractivity contribution in [3.8, 4) is 0 Å². The third-order valence-electron chi connectivity index (χ3n) is 2.58. The number of rotatable bonds is 2. The fourth-order valence-corrected chi connectivity index (χ4v) is 2.18. The summed E-state index contributed by atoms with van der Waals surface area (Å²) in [5.41, 5.74) is 1.11. The van der Waals surface area contributed by atoms with Crippen LogP contribution in [0, 0.1) is 5.92 Å². The topological polar surface area (TPSA) is 24.8 Å². The molecule has 4 heteroatoms. The van der Waals surface area contributed by atoms with Crippen LogP contribution in [-0.4, -0.2) is 36.8 Å². The molecule has 72 valence electrons. The van der Waals surface area contributed by atoms with E-state index in [2.05, 4.69) is 21.0 Å². The molecule has 0 aromatic carbocycles. The summed E-state index contributed by atoms with van der Waals surface area (Å²) < 4.78 is 0. The van der Waals surface area contributed by atoms with Crippen LogP contribution in [0.3, 0.4) is 0 Å².